The molecule has 0 aliphatic carbocycles. The van der Waals surface area contributed by atoms with Gasteiger partial charge in [0.1, 0.15) is 5.82 Å². The molecule has 31 heavy (non-hydrogen) atoms. The van der Waals surface area contributed by atoms with Crippen molar-refractivity contribution in [3.63, 3.8) is 0 Å². The molecule has 1 saturated heterocycles. The van der Waals surface area contributed by atoms with Crippen LogP contribution in [0.5, 0.6) is 0 Å². The molecule has 1 amide bonds. The van der Waals surface area contributed by atoms with Gasteiger partial charge in [-0.3, -0.25) is 9.78 Å². The molecular weight excluding hydrogens is 386 g/mol. The Morgan fingerprint density at radius 1 is 1.10 bits per heavy atom. The average molecular weight is 416 g/mol. The van der Waals surface area contributed by atoms with E-state index in [0.717, 1.165) is 55.0 Å². The van der Waals surface area contributed by atoms with Crippen LogP contribution in [0.4, 0.5) is 11.5 Å². The standard InChI is InChI=1S/C25H29N5O/c1-3-18(4-2)25(31)30-16-8-11-22(30)24-28-21(19-12-14-26-15-13-19)17-23(29-24)27-20-9-6-5-7-10-20/h5-7,9-10,12-15,17-18,22H,3-4,8,11,16H2,1-2H3,(H,27,28,29)/t22-/m1/s1. The van der Waals surface area contributed by atoms with Crippen molar-refractivity contribution < 1.29 is 4.79 Å². The number of hydrogen-bond donors (Lipinski definition) is 1. The van der Waals surface area contributed by atoms with E-state index in [9.17, 15) is 4.79 Å². The molecule has 3 heterocycles. The van der Waals surface area contributed by atoms with Crippen molar-refractivity contribution in [2.75, 3.05) is 11.9 Å². The van der Waals surface area contributed by atoms with E-state index in [-0.39, 0.29) is 17.9 Å². The number of pyridine rings is 1. The van der Waals surface area contributed by atoms with E-state index in [1.165, 1.54) is 0 Å². The van der Waals surface area contributed by atoms with Crippen LogP contribution in [0.15, 0.2) is 60.9 Å². The quantitative estimate of drug-likeness (QED) is 0.561. The van der Waals surface area contributed by atoms with Crippen molar-refractivity contribution in [3.8, 4) is 11.3 Å². The highest BCUT2D eigenvalue weighted by Crippen LogP contribution is 2.34. The second-order valence-electron chi connectivity index (χ2n) is 7.93. The Morgan fingerprint density at radius 2 is 1.84 bits per heavy atom. The van der Waals surface area contributed by atoms with Gasteiger partial charge in [0.15, 0.2) is 5.82 Å². The van der Waals surface area contributed by atoms with E-state index in [2.05, 4.69) is 24.1 Å². The number of aromatic nitrogens is 3. The molecule has 1 aliphatic rings. The summed E-state index contributed by atoms with van der Waals surface area (Å²) in [6, 6.07) is 15.7. The zero-order valence-corrected chi connectivity index (χ0v) is 18.2. The number of carbonyl (C=O) groups excluding carboxylic acids is 1. The third-order valence-electron chi connectivity index (χ3n) is 5.93. The number of benzene rings is 1. The van der Waals surface area contributed by atoms with E-state index < -0.39 is 0 Å². The molecule has 1 N–H and O–H groups in total. The lowest BCUT2D eigenvalue weighted by atomic mass is 10.0. The lowest BCUT2D eigenvalue weighted by Crippen LogP contribution is -2.36. The average Bonchev–Trinajstić information content (AvgIpc) is 3.31. The fourth-order valence-electron chi connectivity index (χ4n) is 4.19. The van der Waals surface area contributed by atoms with Gasteiger partial charge in [0.2, 0.25) is 5.91 Å². The fourth-order valence-corrected chi connectivity index (χ4v) is 4.19. The predicted molar refractivity (Wildman–Crippen MR) is 123 cm³/mol. The van der Waals surface area contributed by atoms with Crippen molar-refractivity contribution in [2.45, 2.75) is 45.6 Å². The molecule has 6 nitrogen and oxygen atoms in total. The van der Waals surface area contributed by atoms with Crippen LogP contribution in [0.1, 0.15) is 51.4 Å². The van der Waals surface area contributed by atoms with Gasteiger partial charge in [-0.2, -0.15) is 0 Å². The van der Waals surface area contributed by atoms with E-state index in [4.69, 9.17) is 9.97 Å². The molecule has 1 atom stereocenters. The number of nitrogens with one attached hydrogen (secondary N) is 1. The summed E-state index contributed by atoms with van der Waals surface area (Å²) in [7, 11) is 0. The third-order valence-corrected chi connectivity index (χ3v) is 5.93. The van der Waals surface area contributed by atoms with Crippen LogP contribution in [-0.2, 0) is 4.79 Å². The summed E-state index contributed by atoms with van der Waals surface area (Å²) < 4.78 is 0. The topological polar surface area (TPSA) is 71.0 Å². The van der Waals surface area contributed by atoms with Crippen LogP contribution < -0.4 is 5.32 Å². The number of anilines is 2. The number of hydrogen-bond acceptors (Lipinski definition) is 5. The Bertz CT molecular complexity index is 1000. The molecule has 0 bridgehead atoms. The molecule has 1 fully saturated rings. The number of amides is 1. The number of rotatable bonds is 7. The molecule has 4 rings (SSSR count). The van der Waals surface area contributed by atoms with E-state index in [0.29, 0.717) is 5.82 Å². The lowest BCUT2D eigenvalue weighted by molar-refractivity contribution is -0.136. The number of likely N-dealkylation sites (tertiary alicyclic amines) is 1. The van der Waals surface area contributed by atoms with E-state index in [1.807, 2.05) is 53.4 Å². The minimum absolute atomic E-state index is 0.0610. The zero-order valence-electron chi connectivity index (χ0n) is 18.2. The minimum atomic E-state index is -0.0915. The Kier molecular flexibility index (Phi) is 6.55. The first-order valence-corrected chi connectivity index (χ1v) is 11.1. The maximum absolute atomic E-state index is 13.2. The maximum Gasteiger partial charge on any atom is 0.226 e. The smallest absolute Gasteiger partial charge is 0.226 e. The number of para-hydroxylation sites is 1. The van der Waals surface area contributed by atoms with E-state index >= 15 is 0 Å². The first kappa shape index (κ1) is 21.0. The molecule has 0 unspecified atom stereocenters. The minimum Gasteiger partial charge on any atom is -0.340 e. The van der Waals surface area contributed by atoms with Crippen LogP contribution >= 0.6 is 0 Å². The molecule has 1 aliphatic heterocycles. The highest BCUT2D eigenvalue weighted by atomic mass is 16.2. The Hall–Kier alpha value is -3.28. The molecule has 160 valence electrons. The summed E-state index contributed by atoms with van der Waals surface area (Å²) in [5.74, 6) is 1.71. The highest BCUT2D eigenvalue weighted by molar-refractivity contribution is 5.79. The van der Waals surface area contributed by atoms with Crippen LogP contribution in [0.3, 0.4) is 0 Å². The third kappa shape index (κ3) is 4.74. The lowest BCUT2D eigenvalue weighted by Gasteiger charge is -2.27. The van der Waals surface area contributed by atoms with Gasteiger partial charge in [-0.05, 0) is 49.9 Å². The van der Waals surface area contributed by atoms with Crippen LogP contribution in [-0.4, -0.2) is 32.3 Å². The molecule has 0 radical (unpaired) electrons. The number of carbonyl (C=O) groups is 1. The Balaban J connectivity index is 1.72. The largest absolute Gasteiger partial charge is 0.340 e. The molecule has 3 aromatic rings. The van der Waals surface area contributed by atoms with Crippen LogP contribution in [0.2, 0.25) is 0 Å². The maximum atomic E-state index is 13.2. The monoisotopic (exact) mass is 415 g/mol. The molecular formula is C25H29N5O. The van der Waals surface area contributed by atoms with Crippen molar-refractivity contribution >= 4 is 17.4 Å². The molecule has 0 spiro atoms. The summed E-state index contributed by atoms with van der Waals surface area (Å²) in [6.45, 7) is 4.93. The molecule has 1 aromatic carbocycles. The number of nitrogens with zero attached hydrogens (tertiary/aromatic N) is 4. The first-order valence-electron chi connectivity index (χ1n) is 11.1. The Morgan fingerprint density at radius 3 is 2.55 bits per heavy atom. The van der Waals surface area contributed by atoms with Gasteiger partial charge in [0.05, 0.1) is 11.7 Å². The Labute approximate surface area is 183 Å². The van der Waals surface area contributed by atoms with E-state index in [1.54, 1.807) is 12.4 Å². The normalized spacial score (nSPS) is 16.0. The fraction of sp³-hybridized carbons (Fsp3) is 0.360. The molecule has 0 saturated carbocycles. The second kappa shape index (κ2) is 9.69. The van der Waals surface area contributed by atoms with Crippen molar-refractivity contribution in [3.05, 3.63) is 66.7 Å². The van der Waals surface area contributed by atoms with Gasteiger partial charge in [-0.25, -0.2) is 9.97 Å². The molecule has 6 heteroatoms. The summed E-state index contributed by atoms with van der Waals surface area (Å²) in [6.07, 6.45) is 7.10. The summed E-state index contributed by atoms with van der Waals surface area (Å²) >= 11 is 0. The van der Waals surface area contributed by atoms with Gasteiger partial charge < -0.3 is 10.2 Å². The summed E-state index contributed by atoms with van der Waals surface area (Å²) in [5, 5.41) is 3.40. The van der Waals surface area contributed by atoms with Crippen LogP contribution in [0, 0.1) is 5.92 Å². The molecule has 2 aromatic heterocycles. The highest BCUT2D eigenvalue weighted by Gasteiger charge is 2.34. The van der Waals surface area contributed by atoms with Crippen molar-refractivity contribution in [1.82, 2.24) is 19.9 Å². The SMILES string of the molecule is CCC(CC)C(=O)N1CCC[C@@H]1c1nc(Nc2ccccc2)cc(-c2ccncc2)n1. The summed E-state index contributed by atoms with van der Waals surface area (Å²) in [5.41, 5.74) is 2.77. The zero-order chi connectivity index (χ0) is 21.6. The summed E-state index contributed by atoms with van der Waals surface area (Å²) in [4.78, 5) is 29.0. The predicted octanol–water partition coefficient (Wildman–Crippen LogP) is 5.38. The van der Waals surface area contributed by atoms with Gasteiger partial charge in [0.25, 0.3) is 0 Å². The van der Waals surface area contributed by atoms with Gasteiger partial charge in [0, 0.05) is 42.2 Å². The van der Waals surface area contributed by atoms with Crippen molar-refractivity contribution in [2.24, 2.45) is 5.92 Å². The van der Waals surface area contributed by atoms with Gasteiger partial charge >= 0.3 is 0 Å². The van der Waals surface area contributed by atoms with Crippen LogP contribution in [0.25, 0.3) is 11.3 Å². The second-order valence-corrected chi connectivity index (χ2v) is 7.93. The van der Waals surface area contributed by atoms with Gasteiger partial charge in [-0.15, -0.1) is 0 Å². The first-order chi connectivity index (χ1) is 15.2. The van der Waals surface area contributed by atoms with Crippen molar-refractivity contribution in [1.29, 1.82) is 0 Å². The van der Waals surface area contributed by atoms with Gasteiger partial charge in [-0.1, -0.05) is 32.0 Å².